The number of carbonyl (C=O) groups is 2. The van der Waals surface area contributed by atoms with E-state index in [-0.39, 0.29) is 50.9 Å². The SMILES string of the molecule is COC[C@@H]1CC(C)(C)C[C@H]2C3=CC[C@@H]4[C@@]5(C)CC[C@H](O[C@@H]6O[C@H](C(=O)O)[C@@H](O)[C@H](O)[C@H]6O)C(C)(C)[C@@H]5CC[C@@]4(C)[C@]3(C)CC[C@@]12C(=O)O. The van der Waals surface area contributed by atoms with Gasteiger partial charge in [0.1, 0.15) is 18.3 Å². The summed E-state index contributed by atoms with van der Waals surface area (Å²) in [5.41, 5.74) is 0.0504. The second kappa shape index (κ2) is 11.7. The van der Waals surface area contributed by atoms with Crippen LogP contribution in [0.15, 0.2) is 11.6 Å². The molecule has 272 valence electrons. The zero-order valence-electron chi connectivity index (χ0n) is 30.2. The van der Waals surface area contributed by atoms with E-state index in [9.17, 15) is 35.1 Å². The fraction of sp³-hybridized carbons (Fsp3) is 0.895. The summed E-state index contributed by atoms with van der Waals surface area (Å²) in [5, 5.41) is 51.9. The Morgan fingerprint density at radius 3 is 2.19 bits per heavy atom. The molecular formula is C38H60O10. The predicted octanol–water partition coefficient (Wildman–Crippen LogP) is 5.02. The van der Waals surface area contributed by atoms with Crippen molar-refractivity contribution in [3.63, 3.8) is 0 Å². The van der Waals surface area contributed by atoms with Crippen molar-refractivity contribution >= 4 is 11.9 Å². The molecule has 1 aliphatic heterocycles. The van der Waals surface area contributed by atoms with Crippen molar-refractivity contribution in [1.82, 2.24) is 0 Å². The number of hydrogen-bond acceptors (Lipinski definition) is 8. The van der Waals surface area contributed by atoms with Gasteiger partial charge in [-0.05, 0) is 109 Å². The van der Waals surface area contributed by atoms with Crippen LogP contribution in [0.5, 0.6) is 0 Å². The van der Waals surface area contributed by atoms with Crippen LogP contribution in [0.2, 0.25) is 0 Å². The Balaban J connectivity index is 1.31. The molecule has 10 nitrogen and oxygen atoms in total. The summed E-state index contributed by atoms with van der Waals surface area (Å²) < 4.78 is 17.6. The van der Waals surface area contributed by atoms with Gasteiger partial charge in [-0.2, -0.15) is 0 Å². The number of hydrogen-bond donors (Lipinski definition) is 5. The quantitative estimate of drug-likeness (QED) is 0.191. The highest BCUT2D eigenvalue weighted by Gasteiger charge is 2.71. The van der Waals surface area contributed by atoms with Gasteiger partial charge in [0.15, 0.2) is 12.4 Å². The van der Waals surface area contributed by atoms with Crippen LogP contribution >= 0.6 is 0 Å². The fourth-order valence-electron chi connectivity index (χ4n) is 13.1. The lowest BCUT2D eigenvalue weighted by Gasteiger charge is -2.71. The Labute approximate surface area is 285 Å². The van der Waals surface area contributed by atoms with Gasteiger partial charge in [0.25, 0.3) is 0 Å². The minimum absolute atomic E-state index is 0.0178. The van der Waals surface area contributed by atoms with Crippen LogP contribution in [0.1, 0.15) is 106 Å². The molecule has 6 aliphatic rings. The molecule has 10 heteroatoms. The van der Waals surface area contributed by atoms with E-state index in [0.717, 1.165) is 44.9 Å². The smallest absolute Gasteiger partial charge is 0.335 e. The van der Waals surface area contributed by atoms with E-state index in [4.69, 9.17) is 14.2 Å². The number of fused-ring (bicyclic) bond motifs is 7. The normalized spacial score (nSPS) is 50.9. The van der Waals surface area contributed by atoms with Gasteiger partial charge in [0.2, 0.25) is 0 Å². The molecular weight excluding hydrogens is 616 g/mol. The van der Waals surface area contributed by atoms with Crippen molar-refractivity contribution in [1.29, 1.82) is 0 Å². The summed E-state index contributed by atoms with van der Waals surface area (Å²) in [4.78, 5) is 25.1. The van der Waals surface area contributed by atoms with E-state index in [1.54, 1.807) is 7.11 Å². The van der Waals surface area contributed by atoms with Gasteiger partial charge in [0.05, 0.1) is 18.1 Å². The van der Waals surface area contributed by atoms with Crippen molar-refractivity contribution in [3.8, 4) is 0 Å². The van der Waals surface area contributed by atoms with Gasteiger partial charge in [0, 0.05) is 7.11 Å². The number of aliphatic hydroxyl groups excluding tert-OH is 3. The van der Waals surface area contributed by atoms with E-state index < -0.39 is 48.1 Å². The highest BCUT2D eigenvalue weighted by atomic mass is 16.7. The topological polar surface area (TPSA) is 163 Å². The van der Waals surface area contributed by atoms with E-state index in [1.807, 2.05) is 0 Å². The number of methoxy groups -OCH3 is 1. The molecule has 0 aromatic carbocycles. The number of aliphatic carboxylic acids is 2. The first-order chi connectivity index (χ1) is 22.2. The standard InChI is InChI=1S/C38H60O10/c1-33(2)17-20(19-46-8)38(32(44)45)16-15-36(6)21(22(38)18-33)9-10-24-35(5)13-12-25(34(3,4)23(35)11-14-37(24,36)7)47-31-28(41)26(39)27(40)29(48-31)30(42)43/h9,20,22-29,31,39-41H,10-19H2,1-8H3,(H,42,43)(H,44,45)/t20-,22-,23-,24+,25-,26-,27-,28+,29-,31+,35-,36+,37+,38+/m0/s1. The molecule has 0 unspecified atom stereocenters. The lowest BCUT2D eigenvalue weighted by molar-refractivity contribution is -0.324. The van der Waals surface area contributed by atoms with Crippen molar-refractivity contribution in [2.24, 2.45) is 56.2 Å². The van der Waals surface area contributed by atoms with Crippen LogP contribution < -0.4 is 0 Å². The van der Waals surface area contributed by atoms with Crippen LogP contribution in [-0.4, -0.2) is 88.0 Å². The Morgan fingerprint density at radius 2 is 1.56 bits per heavy atom. The maximum Gasteiger partial charge on any atom is 0.335 e. The molecule has 5 aliphatic carbocycles. The first kappa shape index (κ1) is 36.2. The number of aliphatic hydroxyl groups is 3. The molecule has 0 bridgehead atoms. The maximum atomic E-state index is 13.4. The predicted molar refractivity (Wildman–Crippen MR) is 177 cm³/mol. The van der Waals surface area contributed by atoms with Gasteiger partial charge in [-0.1, -0.05) is 60.1 Å². The monoisotopic (exact) mass is 676 g/mol. The molecule has 0 aromatic heterocycles. The van der Waals surface area contributed by atoms with E-state index >= 15 is 0 Å². The second-order valence-corrected chi connectivity index (χ2v) is 18.6. The average molecular weight is 677 g/mol. The molecule has 0 spiro atoms. The van der Waals surface area contributed by atoms with Crippen molar-refractivity contribution in [2.75, 3.05) is 13.7 Å². The molecule has 0 amide bonds. The second-order valence-electron chi connectivity index (χ2n) is 18.6. The minimum Gasteiger partial charge on any atom is -0.481 e. The molecule has 48 heavy (non-hydrogen) atoms. The lowest BCUT2D eigenvalue weighted by atomic mass is 9.33. The molecule has 0 radical (unpaired) electrons. The molecule has 1 saturated heterocycles. The van der Waals surface area contributed by atoms with Gasteiger partial charge < -0.3 is 39.7 Å². The molecule has 5 N–H and O–H groups in total. The molecule has 1 heterocycles. The minimum atomic E-state index is -1.76. The summed E-state index contributed by atoms with van der Waals surface area (Å²) in [6.07, 6.45) is 1.70. The van der Waals surface area contributed by atoms with Gasteiger partial charge in [-0.3, -0.25) is 4.79 Å². The zero-order chi connectivity index (χ0) is 35.4. The number of allylic oxidation sites excluding steroid dienone is 2. The van der Waals surface area contributed by atoms with Crippen molar-refractivity contribution in [3.05, 3.63) is 11.6 Å². The number of ether oxygens (including phenoxy) is 3. The van der Waals surface area contributed by atoms with Crippen LogP contribution in [0.25, 0.3) is 0 Å². The summed E-state index contributed by atoms with van der Waals surface area (Å²) in [5.74, 6) is -1.49. The van der Waals surface area contributed by atoms with E-state index in [1.165, 1.54) is 5.57 Å². The number of rotatable bonds is 6. The van der Waals surface area contributed by atoms with Gasteiger partial charge in [-0.15, -0.1) is 0 Å². The molecule has 6 rings (SSSR count). The average Bonchev–Trinajstić information content (AvgIpc) is 2.98. The third-order valence-corrected chi connectivity index (χ3v) is 15.7. The summed E-state index contributed by atoms with van der Waals surface area (Å²) in [6.45, 7) is 16.8. The van der Waals surface area contributed by atoms with Crippen LogP contribution in [-0.2, 0) is 23.8 Å². The summed E-state index contributed by atoms with van der Waals surface area (Å²) in [7, 11) is 1.69. The molecule has 0 aromatic rings. The lowest BCUT2D eigenvalue weighted by Crippen LogP contribution is -2.66. The van der Waals surface area contributed by atoms with E-state index in [2.05, 4.69) is 54.5 Å². The highest BCUT2D eigenvalue weighted by Crippen LogP contribution is 2.76. The first-order valence-electron chi connectivity index (χ1n) is 18.2. The number of carboxylic acid groups (broad SMARTS) is 2. The Hall–Kier alpha value is -1.56. The highest BCUT2D eigenvalue weighted by molar-refractivity contribution is 5.77. The van der Waals surface area contributed by atoms with Crippen molar-refractivity contribution in [2.45, 2.75) is 143 Å². The largest absolute Gasteiger partial charge is 0.481 e. The Kier molecular flexibility index (Phi) is 8.86. The Morgan fingerprint density at radius 1 is 0.875 bits per heavy atom. The number of carboxylic acids is 2. The summed E-state index contributed by atoms with van der Waals surface area (Å²) >= 11 is 0. The third kappa shape index (κ3) is 4.93. The maximum absolute atomic E-state index is 13.4. The van der Waals surface area contributed by atoms with Crippen LogP contribution in [0.4, 0.5) is 0 Å². The van der Waals surface area contributed by atoms with Gasteiger partial charge >= 0.3 is 11.9 Å². The zero-order valence-corrected chi connectivity index (χ0v) is 30.2. The van der Waals surface area contributed by atoms with Gasteiger partial charge in [-0.25, -0.2) is 4.79 Å². The Bertz CT molecular complexity index is 1330. The molecule has 4 saturated carbocycles. The van der Waals surface area contributed by atoms with E-state index in [0.29, 0.717) is 25.4 Å². The van der Waals surface area contributed by atoms with Crippen LogP contribution in [0, 0.1) is 56.2 Å². The molecule has 5 fully saturated rings. The molecule has 14 atom stereocenters. The van der Waals surface area contributed by atoms with Crippen LogP contribution in [0.3, 0.4) is 0 Å². The fourth-order valence-corrected chi connectivity index (χ4v) is 13.1. The summed E-state index contributed by atoms with van der Waals surface area (Å²) in [6, 6.07) is 0. The van der Waals surface area contributed by atoms with Crippen molar-refractivity contribution < 1.29 is 49.3 Å². The third-order valence-electron chi connectivity index (χ3n) is 15.7. The first-order valence-corrected chi connectivity index (χ1v) is 18.2.